The number of nitrogens with zero attached hydrogens (tertiary/aromatic N) is 1. The summed E-state index contributed by atoms with van der Waals surface area (Å²) in [5.74, 6) is 2.39. The highest BCUT2D eigenvalue weighted by molar-refractivity contribution is 5.73. The molecule has 2 saturated heterocycles. The van der Waals surface area contributed by atoms with E-state index in [0.29, 0.717) is 12.5 Å². The van der Waals surface area contributed by atoms with Crippen molar-refractivity contribution in [3.63, 3.8) is 0 Å². The number of aliphatic hydroxyl groups is 1. The highest BCUT2D eigenvalue weighted by Gasteiger charge is 2.47. The molecule has 1 N–H and O–H groups in total. The molecular formula is C24H29NO4. The van der Waals surface area contributed by atoms with Gasteiger partial charge in [0.15, 0.2) is 0 Å². The van der Waals surface area contributed by atoms with Crippen molar-refractivity contribution in [2.75, 3.05) is 46.6 Å². The van der Waals surface area contributed by atoms with Gasteiger partial charge in [0.1, 0.15) is 11.5 Å². The Kier molecular flexibility index (Phi) is 4.98. The number of ether oxygens (including phenoxy) is 3. The van der Waals surface area contributed by atoms with E-state index in [-0.39, 0.29) is 12.0 Å². The van der Waals surface area contributed by atoms with Crippen LogP contribution >= 0.6 is 0 Å². The van der Waals surface area contributed by atoms with Gasteiger partial charge in [0, 0.05) is 43.6 Å². The van der Waals surface area contributed by atoms with Crippen LogP contribution in [0.25, 0.3) is 11.1 Å². The van der Waals surface area contributed by atoms with E-state index in [9.17, 15) is 5.11 Å². The predicted octanol–water partition coefficient (Wildman–Crippen LogP) is 3.13. The van der Waals surface area contributed by atoms with E-state index >= 15 is 0 Å². The molecule has 3 aliphatic rings. The van der Waals surface area contributed by atoms with Crippen LogP contribution in [0, 0.1) is 11.3 Å². The monoisotopic (exact) mass is 395 g/mol. The molecule has 3 heterocycles. The summed E-state index contributed by atoms with van der Waals surface area (Å²) in [6, 6.07) is 12.9. The quantitative estimate of drug-likeness (QED) is 0.843. The molecule has 2 aromatic carbocycles. The van der Waals surface area contributed by atoms with Gasteiger partial charge in [-0.05, 0) is 47.2 Å². The lowest BCUT2D eigenvalue weighted by molar-refractivity contribution is -0.0561. The zero-order valence-corrected chi connectivity index (χ0v) is 17.0. The summed E-state index contributed by atoms with van der Waals surface area (Å²) in [6.45, 7) is 5.25. The molecule has 0 spiro atoms. The van der Waals surface area contributed by atoms with E-state index in [4.69, 9.17) is 14.2 Å². The second-order valence-electron chi connectivity index (χ2n) is 8.68. The summed E-state index contributed by atoms with van der Waals surface area (Å²) in [5.41, 5.74) is 4.67. The zero-order valence-electron chi connectivity index (χ0n) is 17.0. The maximum atomic E-state index is 10.0. The number of aliphatic hydroxyl groups excluding tert-OH is 1. The Morgan fingerprint density at radius 3 is 2.97 bits per heavy atom. The van der Waals surface area contributed by atoms with Crippen LogP contribution < -0.4 is 9.47 Å². The number of hydrogen-bond donors (Lipinski definition) is 1. The van der Waals surface area contributed by atoms with Crippen LogP contribution in [0.4, 0.5) is 0 Å². The highest BCUT2D eigenvalue weighted by Crippen LogP contribution is 2.42. The van der Waals surface area contributed by atoms with Crippen molar-refractivity contribution in [3.05, 3.63) is 47.5 Å². The summed E-state index contributed by atoms with van der Waals surface area (Å²) in [7, 11) is 1.72. The second-order valence-corrected chi connectivity index (χ2v) is 8.68. The fraction of sp³-hybridized carbons (Fsp3) is 0.500. The molecule has 2 fully saturated rings. The summed E-state index contributed by atoms with van der Waals surface area (Å²) >= 11 is 0. The SMILES string of the molecule is COc1ccc(CN2C[C@@H]3CCOC[C@]3(CO)C2)cc1-c1ccc2c(c1)OCC2. The van der Waals surface area contributed by atoms with Gasteiger partial charge in [0.25, 0.3) is 0 Å². The fourth-order valence-corrected chi connectivity index (χ4v) is 5.22. The molecule has 0 radical (unpaired) electrons. The minimum absolute atomic E-state index is 0.0924. The molecule has 2 atom stereocenters. The molecule has 5 rings (SSSR count). The van der Waals surface area contributed by atoms with E-state index in [1.807, 2.05) is 0 Å². The first-order chi connectivity index (χ1) is 14.2. The summed E-state index contributed by atoms with van der Waals surface area (Å²) in [6.07, 6.45) is 2.03. The maximum absolute atomic E-state index is 10.0. The minimum atomic E-state index is -0.0924. The smallest absolute Gasteiger partial charge is 0.126 e. The zero-order chi connectivity index (χ0) is 19.8. The lowest BCUT2D eigenvalue weighted by atomic mass is 9.76. The summed E-state index contributed by atoms with van der Waals surface area (Å²) in [4.78, 5) is 2.47. The van der Waals surface area contributed by atoms with Crippen LogP contribution in [0.1, 0.15) is 17.5 Å². The molecule has 2 aromatic rings. The van der Waals surface area contributed by atoms with Crippen LogP contribution in [-0.2, 0) is 17.7 Å². The Bertz CT molecular complexity index is 898. The molecule has 5 nitrogen and oxygen atoms in total. The molecule has 154 valence electrons. The number of rotatable bonds is 5. The number of benzene rings is 2. The van der Waals surface area contributed by atoms with Crippen LogP contribution in [0.3, 0.4) is 0 Å². The van der Waals surface area contributed by atoms with Crippen molar-refractivity contribution >= 4 is 0 Å². The first-order valence-electron chi connectivity index (χ1n) is 10.5. The average Bonchev–Trinajstić information content (AvgIpc) is 3.37. The molecule has 0 bridgehead atoms. The maximum Gasteiger partial charge on any atom is 0.126 e. The van der Waals surface area contributed by atoms with Crippen LogP contribution in [-0.4, -0.2) is 56.6 Å². The molecule has 0 aromatic heterocycles. The number of methoxy groups -OCH3 is 1. The van der Waals surface area contributed by atoms with Gasteiger partial charge in [-0.3, -0.25) is 4.90 Å². The molecule has 0 unspecified atom stereocenters. The van der Waals surface area contributed by atoms with Crippen molar-refractivity contribution in [1.29, 1.82) is 0 Å². The van der Waals surface area contributed by atoms with Gasteiger partial charge in [-0.15, -0.1) is 0 Å². The fourth-order valence-electron chi connectivity index (χ4n) is 5.22. The minimum Gasteiger partial charge on any atom is -0.496 e. The van der Waals surface area contributed by atoms with E-state index in [1.54, 1.807) is 7.11 Å². The van der Waals surface area contributed by atoms with Gasteiger partial charge < -0.3 is 19.3 Å². The molecular weight excluding hydrogens is 366 g/mol. The Labute approximate surface area is 172 Å². The third-order valence-corrected chi connectivity index (χ3v) is 6.88. The van der Waals surface area contributed by atoms with E-state index in [2.05, 4.69) is 41.3 Å². The van der Waals surface area contributed by atoms with Crippen molar-refractivity contribution in [2.45, 2.75) is 19.4 Å². The average molecular weight is 395 g/mol. The van der Waals surface area contributed by atoms with Crippen molar-refractivity contribution in [3.8, 4) is 22.6 Å². The van der Waals surface area contributed by atoms with Crippen molar-refractivity contribution in [1.82, 2.24) is 4.90 Å². The van der Waals surface area contributed by atoms with Crippen LogP contribution in [0.5, 0.6) is 11.5 Å². The van der Waals surface area contributed by atoms with Gasteiger partial charge in [0.05, 0.1) is 26.9 Å². The third-order valence-electron chi connectivity index (χ3n) is 6.88. The van der Waals surface area contributed by atoms with Gasteiger partial charge in [-0.1, -0.05) is 18.2 Å². The third kappa shape index (κ3) is 3.41. The molecule has 3 aliphatic heterocycles. The largest absolute Gasteiger partial charge is 0.496 e. The Hall–Kier alpha value is -2.08. The summed E-state index contributed by atoms with van der Waals surface area (Å²) in [5, 5.41) is 10.0. The van der Waals surface area contributed by atoms with Crippen molar-refractivity contribution in [2.24, 2.45) is 11.3 Å². The predicted molar refractivity (Wildman–Crippen MR) is 111 cm³/mol. The molecule has 0 saturated carbocycles. The van der Waals surface area contributed by atoms with E-state index in [0.717, 1.165) is 68.3 Å². The number of likely N-dealkylation sites (tertiary alicyclic amines) is 1. The number of hydrogen-bond acceptors (Lipinski definition) is 5. The lowest BCUT2D eigenvalue weighted by Crippen LogP contribution is -2.42. The highest BCUT2D eigenvalue weighted by atomic mass is 16.5. The van der Waals surface area contributed by atoms with Gasteiger partial charge in [-0.2, -0.15) is 0 Å². The van der Waals surface area contributed by atoms with Crippen LogP contribution in [0.15, 0.2) is 36.4 Å². The Morgan fingerprint density at radius 1 is 1.21 bits per heavy atom. The first kappa shape index (κ1) is 18.9. The molecule has 5 heteroatoms. The van der Waals surface area contributed by atoms with Gasteiger partial charge in [0.2, 0.25) is 0 Å². The van der Waals surface area contributed by atoms with Gasteiger partial charge >= 0.3 is 0 Å². The standard InChI is InChI=1S/C24H29NO4/c1-27-22-5-2-17(10-21(22)19-4-3-18-6-9-29-23(18)11-19)12-25-13-20-7-8-28-16-24(20,14-25)15-26/h2-5,10-11,20,26H,6-9,12-16H2,1H3/t20-,24+/m0/s1. The normalized spacial score (nSPS) is 26.1. The van der Waals surface area contributed by atoms with Gasteiger partial charge in [-0.25, -0.2) is 0 Å². The molecule has 0 aliphatic carbocycles. The summed E-state index contributed by atoms with van der Waals surface area (Å²) < 4.78 is 17.1. The molecule has 29 heavy (non-hydrogen) atoms. The molecule has 0 amide bonds. The first-order valence-corrected chi connectivity index (χ1v) is 10.5. The van der Waals surface area contributed by atoms with E-state index in [1.165, 1.54) is 11.1 Å². The number of fused-ring (bicyclic) bond motifs is 2. The lowest BCUT2D eigenvalue weighted by Gasteiger charge is -2.36. The van der Waals surface area contributed by atoms with Crippen LogP contribution in [0.2, 0.25) is 0 Å². The topological polar surface area (TPSA) is 51.2 Å². The van der Waals surface area contributed by atoms with E-state index < -0.39 is 0 Å². The Morgan fingerprint density at radius 2 is 2.14 bits per heavy atom. The Balaban J connectivity index is 1.40. The second kappa shape index (κ2) is 7.63. The van der Waals surface area contributed by atoms with Crippen molar-refractivity contribution < 1.29 is 19.3 Å².